The number of aryl methyl sites for hydroxylation is 2. The Morgan fingerprint density at radius 2 is 2.26 bits per heavy atom. The third kappa shape index (κ3) is 3.64. The van der Waals surface area contributed by atoms with Gasteiger partial charge in [-0.25, -0.2) is 4.98 Å². The Hall–Kier alpha value is -2.17. The Balaban J connectivity index is 1.94. The van der Waals surface area contributed by atoms with Crippen LogP contribution in [0.1, 0.15) is 28.8 Å². The number of carbonyl (C=O) groups excluding carboxylic acids is 1. The molecule has 5 heteroatoms. The largest absolute Gasteiger partial charge is 0.348 e. The van der Waals surface area contributed by atoms with Crippen LogP contribution in [0.2, 0.25) is 0 Å². The van der Waals surface area contributed by atoms with Crippen LogP contribution < -0.4 is 5.32 Å². The van der Waals surface area contributed by atoms with Crippen molar-refractivity contribution in [1.29, 1.82) is 0 Å². The molecule has 0 aliphatic rings. The Bertz CT molecular complexity index is 576. The first-order valence-corrected chi connectivity index (χ1v) is 6.26. The maximum atomic E-state index is 11.9. The number of nitrogens with zero attached hydrogens (tertiary/aromatic N) is 3. The molecule has 0 aromatic carbocycles. The molecule has 0 radical (unpaired) electrons. The molecule has 2 heterocycles. The predicted octanol–water partition coefficient (Wildman–Crippen LogP) is 1.48. The number of imidazole rings is 1. The van der Waals surface area contributed by atoms with Gasteiger partial charge in [0, 0.05) is 37.1 Å². The van der Waals surface area contributed by atoms with Crippen molar-refractivity contribution < 1.29 is 4.79 Å². The molecule has 1 N–H and O–H groups in total. The summed E-state index contributed by atoms with van der Waals surface area (Å²) in [7, 11) is 1.84. The molecule has 0 aliphatic heterocycles. The summed E-state index contributed by atoms with van der Waals surface area (Å²) in [5.41, 5.74) is 2.40. The number of aromatic nitrogens is 3. The van der Waals surface area contributed by atoms with Gasteiger partial charge in [-0.15, -0.1) is 0 Å². The minimum atomic E-state index is -0.152. The van der Waals surface area contributed by atoms with E-state index in [9.17, 15) is 4.79 Å². The van der Waals surface area contributed by atoms with Gasteiger partial charge in [-0.05, 0) is 26.0 Å². The molecule has 2 aromatic heterocycles. The van der Waals surface area contributed by atoms with Crippen molar-refractivity contribution in [2.45, 2.75) is 26.3 Å². The quantitative estimate of drug-likeness (QED) is 0.903. The van der Waals surface area contributed by atoms with Gasteiger partial charge < -0.3 is 9.88 Å². The second kappa shape index (κ2) is 5.65. The van der Waals surface area contributed by atoms with Crippen molar-refractivity contribution in [3.05, 3.63) is 47.8 Å². The van der Waals surface area contributed by atoms with Crippen LogP contribution in [0.25, 0.3) is 0 Å². The molecule has 0 saturated heterocycles. The maximum Gasteiger partial charge on any atom is 0.271 e. The van der Waals surface area contributed by atoms with Crippen LogP contribution in [0.15, 0.2) is 30.7 Å². The summed E-state index contributed by atoms with van der Waals surface area (Å²) in [6.45, 7) is 3.92. The van der Waals surface area contributed by atoms with E-state index in [1.807, 2.05) is 39.1 Å². The minimum absolute atomic E-state index is 0.0174. The van der Waals surface area contributed by atoms with E-state index in [4.69, 9.17) is 0 Å². The van der Waals surface area contributed by atoms with Crippen molar-refractivity contribution in [2.24, 2.45) is 7.05 Å². The average molecular weight is 258 g/mol. The first kappa shape index (κ1) is 13.3. The van der Waals surface area contributed by atoms with Gasteiger partial charge in [-0.1, -0.05) is 6.07 Å². The van der Waals surface area contributed by atoms with Crippen LogP contribution in [0, 0.1) is 6.92 Å². The molecule has 5 nitrogen and oxygen atoms in total. The molecular weight excluding hydrogens is 240 g/mol. The summed E-state index contributed by atoms with van der Waals surface area (Å²) in [5.74, 6) is -0.152. The van der Waals surface area contributed by atoms with Crippen molar-refractivity contribution in [2.75, 3.05) is 0 Å². The standard InChI is InChI=1S/C14H18N4O/c1-10-5-4-6-12(16-10)7-11(2)17-14(19)13-8-18(3)9-15-13/h4-6,8-9,11H,7H2,1-3H3,(H,17,19)/t11-/m1/s1. The zero-order valence-corrected chi connectivity index (χ0v) is 11.4. The molecule has 0 unspecified atom stereocenters. The molecule has 1 amide bonds. The molecule has 100 valence electrons. The monoisotopic (exact) mass is 258 g/mol. The lowest BCUT2D eigenvalue weighted by Gasteiger charge is -2.12. The lowest BCUT2D eigenvalue weighted by atomic mass is 10.1. The maximum absolute atomic E-state index is 11.9. The lowest BCUT2D eigenvalue weighted by molar-refractivity contribution is 0.0935. The fraction of sp³-hybridized carbons (Fsp3) is 0.357. The summed E-state index contributed by atoms with van der Waals surface area (Å²) < 4.78 is 1.75. The van der Waals surface area contributed by atoms with Gasteiger partial charge in [0.2, 0.25) is 0 Å². The van der Waals surface area contributed by atoms with Gasteiger partial charge >= 0.3 is 0 Å². The van der Waals surface area contributed by atoms with Gasteiger partial charge in [0.1, 0.15) is 5.69 Å². The zero-order valence-electron chi connectivity index (χ0n) is 11.4. The van der Waals surface area contributed by atoms with Crippen LogP contribution in [-0.4, -0.2) is 26.5 Å². The Kier molecular flexibility index (Phi) is 3.94. The van der Waals surface area contributed by atoms with Gasteiger partial charge in [-0.2, -0.15) is 0 Å². The zero-order chi connectivity index (χ0) is 13.8. The molecule has 1 atom stereocenters. The smallest absolute Gasteiger partial charge is 0.271 e. The van der Waals surface area contributed by atoms with E-state index >= 15 is 0 Å². The third-order valence-corrected chi connectivity index (χ3v) is 2.78. The van der Waals surface area contributed by atoms with Crippen LogP contribution in [0.5, 0.6) is 0 Å². The van der Waals surface area contributed by atoms with Gasteiger partial charge in [-0.3, -0.25) is 9.78 Å². The summed E-state index contributed by atoms with van der Waals surface area (Å²) in [5, 5.41) is 2.92. The molecule has 0 fully saturated rings. The van der Waals surface area contributed by atoms with Crippen molar-refractivity contribution >= 4 is 5.91 Å². The van der Waals surface area contributed by atoms with Gasteiger partial charge in [0.05, 0.1) is 6.33 Å². The Morgan fingerprint density at radius 1 is 1.47 bits per heavy atom. The predicted molar refractivity (Wildman–Crippen MR) is 72.8 cm³/mol. The summed E-state index contributed by atoms with van der Waals surface area (Å²) in [4.78, 5) is 20.4. The van der Waals surface area contributed by atoms with E-state index in [0.717, 1.165) is 11.4 Å². The number of rotatable bonds is 4. The lowest BCUT2D eigenvalue weighted by Crippen LogP contribution is -2.34. The van der Waals surface area contributed by atoms with E-state index in [0.29, 0.717) is 12.1 Å². The molecule has 0 spiro atoms. The van der Waals surface area contributed by atoms with Crippen molar-refractivity contribution in [3.63, 3.8) is 0 Å². The number of hydrogen-bond donors (Lipinski definition) is 1. The number of hydrogen-bond acceptors (Lipinski definition) is 3. The highest BCUT2D eigenvalue weighted by molar-refractivity contribution is 5.92. The molecule has 2 aromatic rings. The van der Waals surface area contributed by atoms with Gasteiger partial charge in [0.25, 0.3) is 5.91 Å². The Labute approximate surface area is 112 Å². The SMILES string of the molecule is Cc1cccc(C[C@@H](C)NC(=O)c2cn(C)cn2)n1. The summed E-state index contributed by atoms with van der Waals surface area (Å²) in [6, 6.07) is 5.92. The third-order valence-electron chi connectivity index (χ3n) is 2.78. The van der Waals surface area contributed by atoms with E-state index < -0.39 is 0 Å². The van der Waals surface area contributed by atoms with Crippen LogP contribution in [-0.2, 0) is 13.5 Å². The highest BCUT2D eigenvalue weighted by Gasteiger charge is 2.12. The van der Waals surface area contributed by atoms with E-state index in [1.54, 1.807) is 17.1 Å². The van der Waals surface area contributed by atoms with E-state index in [1.165, 1.54) is 0 Å². The molecule has 0 bridgehead atoms. The van der Waals surface area contributed by atoms with Crippen molar-refractivity contribution in [1.82, 2.24) is 19.9 Å². The first-order valence-electron chi connectivity index (χ1n) is 6.26. The van der Waals surface area contributed by atoms with E-state index in [-0.39, 0.29) is 11.9 Å². The van der Waals surface area contributed by atoms with E-state index in [2.05, 4.69) is 15.3 Å². The molecule has 0 saturated carbocycles. The Morgan fingerprint density at radius 3 is 2.89 bits per heavy atom. The highest BCUT2D eigenvalue weighted by atomic mass is 16.1. The first-order chi connectivity index (χ1) is 9.04. The number of carbonyl (C=O) groups is 1. The number of nitrogens with one attached hydrogen (secondary N) is 1. The summed E-state index contributed by atoms with van der Waals surface area (Å²) in [6.07, 6.45) is 4.02. The second-order valence-corrected chi connectivity index (χ2v) is 4.77. The molecule has 2 rings (SSSR count). The number of pyridine rings is 1. The number of amides is 1. The summed E-state index contributed by atoms with van der Waals surface area (Å²) >= 11 is 0. The molecule has 19 heavy (non-hydrogen) atoms. The minimum Gasteiger partial charge on any atom is -0.348 e. The second-order valence-electron chi connectivity index (χ2n) is 4.77. The van der Waals surface area contributed by atoms with Crippen LogP contribution >= 0.6 is 0 Å². The fourth-order valence-electron chi connectivity index (χ4n) is 1.91. The fourth-order valence-corrected chi connectivity index (χ4v) is 1.91. The van der Waals surface area contributed by atoms with Crippen LogP contribution in [0.3, 0.4) is 0 Å². The highest BCUT2D eigenvalue weighted by Crippen LogP contribution is 2.03. The molecular formula is C14H18N4O. The van der Waals surface area contributed by atoms with Crippen molar-refractivity contribution in [3.8, 4) is 0 Å². The van der Waals surface area contributed by atoms with Crippen LogP contribution in [0.4, 0.5) is 0 Å². The topological polar surface area (TPSA) is 59.8 Å². The van der Waals surface area contributed by atoms with Gasteiger partial charge in [0.15, 0.2) is 0 Å². The average Bonchev–Trinajstić information content (AvgIpc) is 2.75. The normalized spacial score (nSPS) is 12.2. The molecule has 0 aliphatic carbocycles.